The van der Waals surface area contributed by atoms with E-state index in [-0.39, 0.29) is 34.6 Å². The van der Waals surface area contributed by atoms with Gasteiger partial charge in [0.05, 0.1) is 6.10 Å². The molecule has 1 N–H and O–H groups in total. The minimum Gasteiger partial charge on any atom is -0.458 e. The highest BCUT2D eigenvalue weighted by atomic mass is 16.6. The zero-order valence-corrected chi connectivity index (χ0v) is 15.6. The van der Waals surface area contributed by atoms with Crippen LogP contribution in [0.2, 0.25) is 0 Å². The monoisotopic (exact) mass is 346 g/mol. The second-order valence-corrected chi connectivity index (χ2v) is 9.30. The molecule has 0 aromatic heterocycles. The van der Waals surface area contributed by atoms with E-state index in [9.17, 15) is 14.7 Å². The molecule has 4 heteroatoms. The molecule has 0 saturated heterocycles. The third-order valence-corrected chi connectivity index (χ3v) is 8.38. The molecule has 3 saturated carbocycles. The standard InChI is InChI=1S/C21H30O4/c1-13(22)25-21-11-10-19(2)16(6-7-18(19)24)17(21)5-4-14-12-15(23)8-9-20(14,21)3/h12,16-18,24H,4-11H2,1-3H3/t16-,17-,18-,19-,20-,21+/m0/s1. The van der Waals surface area contributed by atoms with E-state index in [0.29, 0.717) is 12.3 Å². The van der Waals surface area contributed by atoms with Gasteiger partial charge in [0.2, 0.25) is 0 Å². The van der Waals surface area contributed by atoms with Crippen molar-refractivity contribution in [1.82, 2.24) is 0 Å². The van der Waals surface area contributed by atoms with Crippen LogP contribution in [0, 0.1) is 22.7 Å². The number of fused-ring (bicyclic) bond motifs is 5. The van der Waals surface area contributed by atoms with E-state index >= 15 is 0 Å². The molecule has 0 aromatic rings. The molecule has 25 heavy (non-hydrogen) atoms. The maximum Gasteiger partial charge on any atom is 0.303 e. The Morgan fingerprint density at radius 2 is 1.88 bits per heavy atom. The van der Waals surface area contributed by atoms with Gasteiger partial charge in [-0.25, -0.2) is 0 Å². The molecule has 0 aromatic carbocycles. The number of esters is 1. The highest BCUT2D eigenvalue weighted by Gasteiger charge is 2.68. The van der Waals surface area contributed by atoms with E-state index in [2.05, 4.69) is 13.8 Å². The van der Waals surface area contributed by atoms with Gasteiger partial charge in [-0.15, -0.1) is 0 Å². The maximum atomic E-state index is 12.1. The molecule has 4 aliphatic rings. The first-order valence-electron chi connectivity index (χ1n) is 9.84. The SMILES string of the molecule is CC(=O)O[C@]12CC[C@]3(C)[C@@H](O)CC[C@H]3[C@@H]1CCC1=CC(=O)CC[C@@]12C. The normalized spacial score (nSPS) is 48.9. The van der Waals surface area contributed by atoms with Crippen LogP contribution in [0.5, 0.6) is 0 Å². The summed E-state index contributed by atoms with van der Waals surface area (Å²) in [6.07, 6.45) is 8.32. The number of aliphatic hydroxyl groups is 1. The van der Waals surface area contributed by atoms with Gasteiger partial charge in [-0.2, -0.15) is 0 Å². The lowest BCUT2D eigenvalue weighted by atomic mass is 9.45. The third kappa shape index (κ3) is 2.16. The van der Waals surface area contributed by atoms with Gasteiger partial charge in [-0.1, -0.05) is 19.4 Å². The second-order valence-electron chi connectivity index (χ2n) is 9.30. The minimum atomic E-state index is -0.516. The lowest BCUT2D eigenvalue weighted by Gasteiger charge is -2.63. The van der Waals surface area contributed by atoms with Crippen LogP contribution in [0.15, 0.2) is 11.6 Å². The topological polar surface area (TPSA) is 63.6 Å². The van der Waals surface area contributed by atoms with Crippen molar-refractivity contribution >= 4 is 11.8 Å². The predicted molar refractivity (Wildman–Crippen MR) is 93.7 cm³/mol. The van der Waals surface area contributed by atoms with Gasteiger partial charge in [0.1, 0.15) is 5.60 Å². The molecule has 0 unspecified atom stereocenters. The molecular formula is C21H30O4. The maximum absolute atomic E-state index is 12.1. The molecule has 0 heterocycles. The average molecular weight is 346 g/mol. The molecule has 6 atom stereocenters. The van der Waals surface area contributed by atoms with Crippen LogP contribution in [-0.2, 0) is 14.3 Å². The van der Waals surface area contributed by atoms with Gasteiger partial charge >= 0.3 is 5.97 Å². The van der Waals surface area contributed by atoms with Gasteiger partial charge in [0, 0.05) is 24.7 Å². The summed E-state index contributed by atoms with van der Waals surface area (Å²) in [5.74, 6) is 0.668. The van der Waals surface area contributed by atoms with Gasteiger partial charge in [0.15, 0.2) is 5.78 Å². The molecule has 138 valence electrons. The zero-order chi connectivity index (χ0) is 18.0. The average Bonchev–Trinajstić information content (AvgIpc) is 2.84. The number of hydrogen-bond donors (Lipinski definition) is 1. The second kappa shape index (κ2) is 5.42. The molecule has 0 aliphatic heterocycles. The fraction of sp³-hybridized carbons (Fsp3) is 0.810. The quantitative estimate of drug-likeness (QED) is 0.737. The smallest absolute Gasteiger partial charge is 0.303 e. The Kier molecular flexibility index (Phi) is 3.74. The predicted octanol–water partition coefficient (Wildman–Crippen LogP) is 3.56. The van der Waals surface area contributed by atoms with Crippen molar-refractivity contribution in [3.63, 3.8) is 0 Å². The lowest BCUT2D eigenvalue weighted by molar-refractivity contribution is -0.222. The molecule has 0 spiro atoms. The number of carbonyl (C=O) groups is 2. The first-order chi connectivity index (χ1) is 11.7. The number of hydrogen-bond acceptors (Lipinski definition) is 4. The third-order valence-electron chi connectivity index (χ3n) is 8.38. The Balaban J connectivity index is 1.82. The van der Waals surface area contributed by atoms with Crippen LogP contribution >= 0.6 is 0 Å². The number of rotatable bonds is 1. The first kappa shape index (κ1) is 17.3. The van der Waals surface area contributed by atoms with Gasteiger partial charge in [0.25, 0.3) is 0 Å². The summed E-state index contributed by atoms with van der Waals surface area (Å²) in [4.78, 5) is 24.1. The Hall–Kier alpha value is -1.16. The van der Waals surface area contributed by atoms with E-state index in [1.807, 2.05) is 6.08 Å². The minimum absolute atomic E-state index is 0.0591. The number of ether oxygens (including phenoxy) is 1. The van der Waals surface area contributed by atoms with Crippen LogP contribution in [0.4, 0.5) is 0 Å². The Morgan fingerprint density at radius 1 is 1.12 bits per heavy atom. The van der Waals surface area contributed by atoms with E-state index in [1.54, 1.807) is 0 Å². The molecule has 4 aliphatic carbocycles. The number of ketones is 1. The van der Waals surface area contributed by atoms with Crippen molar-refractivity contribution < 1.29 is 19.4 Å². The molecule has 0 amide bonds. The summed E-state index contributed by atoms with van der Waals surface area (Å²) in [6.45, 7) is 5.96. The van der Waals surface area contributed by atoms with Crippen LogP contribution in [0.1, 0.15) is 72.1 Å². The molecular weight excluding hydrogens is 316 g/mol. The molecule has 0 bridgehead atoms. The summed E-state index contributed by atoms with van der Waals surface area (Å²) in [6, 6.07) is 0. The number of aliphatic hydroxyl groups excluding tert-OH is 1. The Bertz CT molecular complexity index is 652. The van der Waals surface area contributed by atoms with Crippen molar-refractivity contribution in [3.05, 3.63) is 11.6 Å². The van der Waals surface area contributed by atoms with E-state index < -0.39 is 5.60 Å². The fourth-order valence-electron chi connectivity index (χ4n) is 6.94. The summed E-state index contributed by atoms with van der Waals surface area (Å²) in [5, 5.41) is 10.6. The van der Waals surface area contributed by atoms with Crippen LogP contribution in [0.25, 0.3) is 0 Å². The van der Waals surface area contributed by atoms with Gasteiger partial charge in [-0.05, 0) is 62.4 Å². The summed E-state index contributed by atoms with van der Waals surface area (Å²) in [7, 11) is 0. The van der Waals surface area contributed by atoms with Gasteiger partial charge < -0.3 is 9.84 Å². The van der Waals surface area contributed by atoms with Crippen molar-refractivity contribution in [1.29, 1.82) is 0 Å². The Labute approximate surface area is 150 Å². The van der Waals surface area contributed by atoms with Crippen molar-refractivity contribution in [2.45, 2.75) is 83.8 Å². The highest BCUT2D eigenvalue weighted by molar-refractivity contribution is 5.91. The van der Waals surface area contributed by atoms with Crippen molar-refractivity contribution in [3.8, 4) is 0 Å². The van der Waals surface area contributed by atoms with Crippen molar-refractivity contribution in [2.24, 2.45) is 22.7 Å². The molecule has 3 fully saturated rings. The fourth-order valence-corrected chi connectivity index (χ4v) is 6.94. The molecule has 4 rings (SSSR count). The zero-order valence-electron chi connectivity index (χ0n) is 15.6. The van der Waals surface area contributed by atoms with Crippen LogP contribution < -0.4 is 0 Å². The highest BCUT2D eigenvalue weighted by Crippen LogP contribution is 2.68. The summed E-state index contributed by atoms with van der Waals surface area (Å²) >= 11 is 0. The molecule has 4 nitrogen and oxygen atoms in total. The summed E-state index contributed by atoms with van der Waals surface area (Å²) < 4.78 is 6.21. The first-order valence-corrected chi connectivity index (χ1v) is 9.84. The number of carbonyl (C=O) groups excluding carboxylic acids is 2. The summed E-state index contributed by atoms with van der Waals surface area (Å²) in [5.41, 5.74) is 0.363. The largest absolute Gasteiger partial charge is 0.458 e. The van der Waals surface area contributed by atoms with Gasteiger partial charge in [-0.3, -0.25) is 9.59 Å². The molecule has 0 radical (unpaired) electrons. The van der Waals surface area contributed by atoms with E-state index in [0.717, 1.165) is 44.9 Å². The Morgan fingerprint density at radius 3 is 2.60 bits per heavy atom. The van der Waals surface area contributed by atoms with Crippen LogP contribution in [0.3, 0.4) is 0 Å². The van der Waals surface area contributed by atoms with E-state index in [4.69, 9.17) is 4.74 Å². The van der Waals surface area contributed by atoms with Crippen molar-refractivity contribution in [2.75, 3.05) is 0 Å². The van der Waals surface area contributed by atoms with E-state index in [1.165, 1.54) is 12.5 Å². The lowest BCUT2D eigenvalue weighted by Crippen LogP contribution is -2.65. The van der Waals surface area contributed by atoms with Crippen LogP contribution in [-0.4, -0.2) is 28.6 Å².